The molecule has 0 spiro atoms. The Morgan fingerprint density at radius 1 is 1.39 bits per heavy atom. The lowest BCUT2D eigenvalue weighted by atomic mass is 10.2. The van der Waals surface area contributed by atoms with Crippen molar-refractivity contribution in [2.45, 2.75) is 25.8 Å². The van der Waals surface area contributed by atoms with Crippen LogP contribution in [0.25, 0.3) is 0 Å². The van der Waals surface area contributed by atoms with Crippen LogP contribution in [-0.4, -0.2) is 62.7 Å². The number of hydrogen-bond donors (Lipinski definition) is 2. The average molecular weight is 257 g/mol. The lowest BCUT2D eigenvalue weighted by Gasteiger charge is -2.27. The smallest absolute Gasteiger partial charge is 0.311 e. The summed E-state index contributed by atoms with van der Waals surface area (Å²) in [7, 11) is 1.59. The maximum atomic E-state index is 11.9. The minimum atomic E-state index is -0.521. The highest BCUT2D eigenvalue weighted by Crippen LogP contribution is 1.99. The van der Waals surface area contributed by atoms with Gasteiger partial charge in [-0.2, -0.15) is 0 Å². The third kappa shape index (κ3) is 4.62. The van der Waals surface area contributed by atoms with Gasteiger partial charge in [-0.05, 0) is 6.42 Å². The standard InChI is InChI=1S/C12H23N3O3/c1-3-4-10(9-18-2)14-11(16)12(17)15-7-5-13-6-8-15/h10,13H,3-9H2,1-2H3,(H,14,16). The maximum Gasteiger partial charge on any atom is 0.311 e. The molecule has 1 heterocycles. The van der Waals surface area contributed by atoms with Crippen molar-refractivity contribution in [1.29, 1.82) is 0 Å². The quantitative estimate of drug-likeness (QED) is 0.642. The van der Waals surface area contributed by atoms with Gasteiger partial charge in [0.15, 0.2) is 0 Å². The molecule has 0 saturated carbocycles. The van der Waals surface area contributed by atoms with Gasteiger partial charge in [-0.25, -0.2) is 0 Å². The predicted octanol–water partition coefficient (Wildman–Crippen LogP) is -0.650. The first-order chi connectivity index (χ1) is 8.69. The molecule has 0 aliphatic carbocycles. The minimum Gasteiger partial charge on any atom is -0.383 e. The van der Waals surface area contributed by atoms with Crippen LogP contribution in [0.5, 0.6) is 0 Å². The molecule has 1 saturated heterocycles. The number of nitrogens with one attached hydrogen (secondary N) is 2. The zero-order chi connectivity index (χ0) is 13.4. The van der Waals surface area contributed by atoms with Gasteiger partial charge in [-0.15, -0.1) is 0 Å². The molecule has 1 fully saturated rings. The van der Waals surface area contributed by atoms with Crippen LogP contribution in [0.15, 0.2) is 0 Å². The summed E-state index contributed by atoms with van der Waals surface area (Å²) in [5.41, 5.74) is 0. The second-order valence-corrected chi connectivity index (χ2v) is 4.46. The second kappa shape index (κ2) is 8.05. The van der Waals surface area contributed by atoms with Gasteiger partial charge in [0, 0.05) is 33.3 Å². The molecule has 1 unspecified atom stereocenters. The summed E-state index contributed by atoms with van der Waals surface area (Å²) in [5.74, 6) is -0.957. The first-order valence-corrected chi connectivity index (χ1v) is 6.48. The fourth-order valence-corrected chi connectivity index (χ4v) is 2.01. The van der Waals surface area contributed by atoms with E-state index in [1.165, 1.54) is 0 Å². The van der Waals surface area contributed by atoms with Crippen molar-refractivity contribution < 1.29 is 14.3 Å². The molecule has 2 amide bonds. The molecule has 104 valence electrons. The summed E-state index contributed by atoms with van der Waals surface area (Å²) in [5, 5.41) is 5.88. The molecular weight excluding hydrogens is 234 g/mol. The van der Waals surface area contributed by atoms with Gasteiger partial charge in [0.05, 0.1) is 12.6 Å². The molecule has 2 N–H and O–H groups in total. The van der Waals surface area contributed by atoms with E-state index in [1.54, 1.807) is 12.0 Å². The molecule has 6 heteroatoms. The Balaban J connectivity index is 2.43. The maximum absolute atomic E-state index is 11.9. The molecule has 0 aromatic carbocycles. The van der Waals surface area contributed by atoms with Gasteiger partial charge in [-0.1, -0.05) is 13.3 Å². The molecule has 1 aliphatic rings. The Bertz CT molecular complexity index is 272. The number of carbonyl (C=O) groups is 2. The third-order valence-corrected chi connectivity index (χ3v) is 2.94. The molecule has 0 bridgehead atoms. The van der Waals surface area contributed by atoms with Crippen LogP contribution in [-0.2, 0) is 14.3 Å². The van der Waals surface area contributed by atoms with Crippen LogP contribution in [0.1, 0.15) is 19.8 Å². The Hall–Kier alpha value is -1.14. The fourth-order valence-electron chi connectivity index (χ4n) is 2.01. The van der Waals surface area contributed by atoms with Crippen LogP contribution < -0.4 is 10.6 Å². The molecule has 1 rings (SSSR count). The van der Waals surface area contributed by atoms with Crippen molar-refractivity contribution >= 4 is 11.8 Å². The highest BCUT2D eigenvalue weighted by atomic mass is 16.5. The van der Waals surface area contributed by atoms with Crippen LogP contribution in [0.4, 0.5) is 0 Å². The van der Waals surface area contributed by atoms with Crippen molar-refractivity contribution in [3.05, 3.63) is 0 Å². The predicted molar refractivity (Wildman–Crippen MR) is 68.2 cm³/mol. The Morgan fingerprint density at radius 3 is 2.61 bits per heavy atom. The van der Waals surface area contributed by atoms with E-state index < -0.39 is 11.8 Å². The Morgan fingerprint density at radius 2 is 2.06 bits per heavy atom. The summed E-state index contributed by atoms with van der Waals surface area (Å²) in [4.78, 5) is 25.3. The summed E-state index contributed by atoms with van der Waals surface area (Å²) in [6, 6.07) is -0.0839. The Labute approximate surface area is 108 Å². The molecular formula is C12H23N3O3. The summed E-state index contributed by atoms with van der Waals surface area (Å²) >= 11 is 0. The van der Waals surface area contributed by atoms with Gasteiger partial charge in [0.2, 0.25) is 0 Å². The van der Waals surface area contributed by atoms with E-state index in [-0.39, 0.29) is 6.04 Å². The normalized spacial score (nSPS) is 17.3. The van der Waals surface area contributed by atoms with E-state index in [0.29, 0.717) is 19.7 Å². The first-order valence-electron chi connectivity index (χ1n) is 6.48. The second-order valence-electron chi connectivity index (χ2n) is 4.46. The topological polar surface area (TPSA) is 70.7 Å². The van der Waals surface area contributed by atoms with Gasteiger partial charge < -0.3 is 20.3 Å². The highest BCUT2D eigenvalue weighted by molar-refractivity contribution is 6.35. The summed E-state index contributed by atoms with van der Waals surface area (Å²) in [6.07, 6.45) is 1.75. The van der Waals surface area contributed by atoms with Crippen molar-refractivity contribution in [1.82, 2.24) is 15.5 Å². The molecule has 0 aromatic rings. The molecule has 18 heavy (non-hydrogen) atoms. The van der Waals surface area contributed by atoms with E-state index in [0.717, 1.165) is 25.9 Å². The van der Waals surface area contributed by atoms with E-state index in [4.69, 9.17) is 4.74 Å². The van der Waals surface area contributed by atoms with Crippen LogP contribution >= 0.6 is 0 Å². The highest BCUT2D eigenvalue weighted by Gasteiger charge is 2.24. The molecule has 6 nitrogen and oxygen atoms in total. The average Bonchev–Trinajstić information content (AvgIpc) is 2.39. The van der Waals surface area contributed by atoms with Crippen molar-refractivity contribution in [3.8, 4) is 0 Å². The number of nitrogens with zero attached hydrogens (tertiary/aromatic N) is 1. The monoisotopic (exact) mass is 257 g/mol. The van der Waals surface area contributed by atoms with Gasteiger partial charge >= 0.3 is 11.8 Å². The van der Waals surface area contributed by atoms with Gasteiger partial charge in [0.1, 0.15) is 0 Å². The number of methoxy groups -OCH3 is 1. The van der Waals surface area contributed by atoms with E-state index in [9.17, 15) is 9.59 Å². The summed E-state index contributed by atoms with van der Waals surface area (Å²) in [6.45, 7) is 5.15. The van der Waals surface area contributed by atoms with Crippen molar-refractivity contribution in [2.24, 2.45) is 0 Å². The zero-order valence-corrected chi connectivity index (χ0v) is 11.2. The minimum absolute atomic E-state index is 0.0839. The molecule has 0 aromatic heterocycles. The van der Waals surface area contributed by atoms with Crippen LogP contribution in [0, 0.1) is 0 Å². The lowest BCUT2D eigenvalue weighted by Crippen LogP contribution is -2.53. The van der Waals surface area contributed by atoms with Crippen molar-refractivity contribution in [3.63, 3.8) is 0 Å². The Kier molecular flexibility index (Phi) is 6.67. The van der Waals surface area contributed by atoms with Crippen molar-refractivity contribution in [2.75, 3.05) is 39.9 Å². The summed E-state index contributed by atoms with van der Waals surface area (Å²) < 4.78 is 5.03. The SMILES string of the molecule is CCCC(COC)NC(=O)C(=O)N1CCNCC1. The zero-order valence-electron chi connectivity index (χ0n) is 11.2. The molecule has 1 aliphatic heterocycles. The van der Waals surface area contributed by atoms with Crippen LogP contribution in [0.3, 0.4) is 0 Å². The lowest BCUT2D eigenvalue weighted by molar-refractivity contribution is -0.146. The number of piperazine rings is 1. The van der Waals surface area contributed by atoms with Crippen LogP contribution in [0.2, 0.25) is 0 Å². The largest absolute Gasteiger partial charge is 0.383 e. The fraction of sp³-hybridized carbons (Fsp3) is 0.833. The number of hydrogen-bond acceptors (Lipinski definition) is 4. The third-order valence-electron chi connectivity index (χ3n) is 2.94. The number of amides is 2. The first kappa shape index (κ1) is 14.9. The number of rotatable bonds is 5. The van der Waals surface area contributed by atoms with Gasteiger partial charge in [0.25, 0.3) is 0 Å². The van der Waals surface area contributed by atoms with Gasteiger partial charge in [-0.3, -0.25) is 9.59 Å². The van der Waals surface area contributed by atoms with E-state index >= 15 is 0 Å². The van der Waals surface area contributed by atoms with E-state index in [2.05, 4.69) is 10.6 Å². The molecule has 1 atom stereocenters. The van der Waals surface area contributed by atoms with E-state index in [1.807, 2.05) is 6.92 Å². The molecule has 0 radical (unpaired) electrons. The number of ether oxygens (including phenoxy) is 1. The number of carbonyl (C=O) groups excluding carboxylic acids is 2.